The summed E-state index contributed by atoms with van der Waals surface area (Å²) < 4.78 is 0. The van der Waals surface area contributed by atoms with E-state index in [9.17, 15) is 15.5 Å². The van der Waals surface area contributed by atoms with Gasteiger partial charge in [-0.3, -0.25) is 10.00 Å². The minimum absolute atomic E-state index is 0.0769. The van der Waals surface area contributed by atoms with Crippen molar-refractivity contribution in [2.75, 3.05) is 31.1 Å². The number of phenols is 2. The van der Waals surface area contributed by atoms with Gasteiger partial charge in [0.05, 0.1) is 22.3 Å². The van der Waals surface area contributed by atoms with Gasteiger partial charge in [-0.15, -0.1) is 0 Å². The van der Waals surface area contributed by atoms with Gasteiger partial charge in [-0.25, -0.2) is 0 Å². The molecule has 1 aliphatic heterocycles. The molecule has 0 radical (unpaired) electrons. The van der Waals surface area contributed by atoms with E-state index in [4.69, 9.17) is 11.6 Å². The number of aromatic amines is 1. The van der Waals surface area contributed by atoms with E-state index in [1.165, 1.54) is 12.1 Å². The van der Waals surface area contributed by atoms with Gasteiger partial charge in [-0.2, -0.15) is 10.4 Å². The number of nitriles is 1. The Morgan fingerprint density at radius 1 is 1.10 bits per heavy atom. The third-order valence-corrected chi connectivity index (χ3v) is 5.49. The van der Waals surface area contributed by atoms with Crippen molar-refractivity contribution < 1.29 is 10.2 Å². The van der Waals surface area contributed by atoms with Crippen molar-refractivity contribution in [1.29, 1.82) is 5.26 Å². The number of rotatable bonds is 4. The van der Waals surface area contributed by atoms with E-state index in [2.05, 4.69) is 26.1 Å². The fourth-order valence-electron chi connectivity index (χ4n) is 3.62. The van der Waals surface area contributed by atoms with Crippen LogP contribution in [0.3, 0.4) is 0 Å². The van der Waals surface area contributed by atoms with Gasteiger partial charge < -0.3 is 15.1 Å². The monoisotopic (exact) mass is 409 g/mol. The molecule has 1 aromatic heterocycles. The maximum absolute atomic E-state index is 10.2. The fourth-order valence-corrected chi connectivity index (χ4v) is 3.78. The van der Waals surface area contributed by atoms with E-state index in [-0.39, 0.29) is 16.5 Å². The van der Waals surface area contributed by atoms with Gasteiger partial charge in [0.25, 0.3) is 0 Å². The van der Waals surface area contributed by atoms with Crippen LogP contribution in [0.1, 0.15) is 11.1 Å². The van der Waals surface area contributed by atoms with Crippen LogP contribution in [0.4, 0.5) is 5.69 Å². The van der Waals surface area contributed by atoms with Gasteiger partial charge in [0.1, 0.15) is 17.2 Å². The summed E-state index contributed by atoms with van der Waals surface area (Å²) in [4.78, 5) is 4.52. The largest absolute Gasteiger partial charge is 0.507 e. The Labute approximate surface area is 173 Å². The van der Waals surface area contributed by atoms with Crippen molar-refractivity contribution in [3.8, 4) is 28.8 Å². The van der Waals surface area contributed by atoms with Crippen LogP contribution < -0.4 is 4.90 Å². The van der Waals surface area contributed by atoms with Crippen LogP contribution >= 0.6 is 11.6 Å². The topological polar surface area (TPSA) is 99.4 Å². The lowest BCUT2D eigenvalue weighted by molar-refractivity contribution is 0.250. The summed E-state index contributed by atoms with van der Waals surface area (Å²) in [5.41, 5.74) is 3.68. The first kappa shape index (κ1) is 19.1. The van der Waals surface area contributed by atoms with Gasteiger partial charge in [0, 0.05) is 50.6 Å². The molecule has 29 heavy (non-hydrogen) atoms. The molecule has 0 amide bonds. The second-order valence-corrected chi connectivity index (χ2v) is 7.38. The third-order valence-electron chi connectivity index (χ3n) is 5.19. The maximum atomic E-state index is 10.2. The Morgan fingerprint density at radius 2 is 1.86 bits per heavy atom. The fraction of sp³-hybridized carbons (Fsp3) is 0.238. The van der Waals surface area contributed by atoms with Gasteiger partial charge in [-0.1, -0.05) is 29.8 Å². The first-order valence-corrected chi connectivity index (χ1v) is 9.65. The average molecular weight is 410 g/mol. The summed E-state index contributed by atoms with van der Waals surface area (Å²) in [5, 5.41) is 36.5. The quantitative estimate of drug-likeness (QED) is 0.611. The standard InChI is InChI=1S/C21H20ClN5O2/c22-17-9-16(19(28)10-20(17)29)21-18(12-24-25-21)27-7-5-26(6-8-27)13-15-4-2-1-3-14(15)11-23/h1-4,9-10,12,28-29H,5-8,13H2,(H,24,25). The van der Waals surface area contributed by atoms with Crippen molar-refractivity contribution in [3.05, 3.63) is 58.7 Å². The molecule has 4 rings (SSSR count). The number of benzene rings is 2. The number of H-pyrrole nitrogens is 1. The molecule has 1 aliphatic rings. The van der Waals surface area contributed by atoms with E-state index in [1.54, 1.807) is 6.20 Å². The van der Waals surface area contributed by atoms with Gasteiger partial charge in [0.2, 0.25) is 0 Å². The SMILES string of the molecule is N#Cc1ccccc1CN1CCN(c2c[nH]nc2-c2cc(Cl)c(O)cc2O)CC1. The lowest BCUT2D eigenvalue weighted by atomic mass is 10.1. The number of hydrogen-bond acceptors (Lipinski definition) is 6. The normalized spacial score (nSPS) is 14.7. The molecule has 3 aromatic rings. The maximum Gasteiger partial charge on any atom is 0.137 e. The molecule has 7 nitrogen and oxygen atoms in total. The van der Waals surface area contributed by atoms with Crippen LogP contribution in [-0.4, -0.2) is 51.5 Å². The highest BCUT2D eigenvalue weighted by Crippen LogP contribution is 2.40. The molecule has 148 valence electrons. The number of hydrogen-bond donors (Lipinski definition) is 3. The van der Waals surface area contributed by atoms with Gasteiger partial charge in [-0.05, 0) is 17.7 Å². The summed E-state index contributed by atoms with van der Waals surface area (Å²) in [7, 11) is 0. The molecule has 8 heteroatoms. The molecule has 3 N–H and O–H groups in total. The molecule has 0 spiro atoms. The van der Waals surface area contributed by atoms with E-state index in [1.807, 2.05) is 24.3 Å². The molecule has 0 atom stereocenters. The minimum atomic E-state index is -0.170. The minimum Gasteiger partial charge on any atom is -0.507 e. The first-order valence-electron chi connectivity index (χ1n) is 9.27. The molecular formula is C21H20ClN5O2. The smallest absolute Gasteiger partial charge is 0.137 e. The summed E-state index contributed by atoms with van der Waals surface area (Å²) >= 11 is 6.02. The van der Waals surface area contributed by atoms with Crippen LogP contribution in [0.5, 0.6) is 11.5 Å². The zero-order chi connectivity index (χ0) is 20.4. The number of aromatic hydroxyl groups is 2. The van der Waals surface area contributed by atoms with Gasteiger partial charge >= 0.3 is 0 Å². The number of piperazine rings is 1. The van der Waals surface area contributed by atoms with Crippen molar-refractivity contribution in [2.45, 2.75) is 6.54 Å². The van der Waals surface area contributed by atoms with Crippen molar-refractivity contribution in [3.63, 3.8) is 0 Å². The second kappa shape index (κ2) is 8.03. The van der Waals surface area contributed by atoms with Crippen LogP contribution in [0.2, 0.25) is 5.02 Å². The first-order chi connectivity index (χ1) is 14.1. The molecule has 0 saturated carbocycles. The third kappa shape index (κ3) is 3.86. The van der Waals surface area contributed by atoms with E-state index < -0.39 is 0 Å². The summed E-state index contributed by atoms with van der Waals surface area (Å²) in [5.74, 6) is -0.247. The number of anilines is 1. The second-order valence-electron chi connectivity index (χ2n) is 6.97. The zero-order valence-electron chi connectivity index (χ0n) is 15.6. The van der Waals surface area contributed by atoms with E-state index in [0.29, 0.717) is 16.8 Å². The summed E-state index contributed by atoms with van der Waals surface area (Å²) in [6, 6.07) is 12.7. The molecule has 2 heterocycles. The predicted octanol–water partition coefficient (Wildman–Crippen LogP) is 3.34. The van der Waals surface area contributed by atoms with Gasteiger partial charge in [0.15, 0.2) is 0 Å². The number of nitrogens with zero attached hydrogens (tertiary/aromatic N) is 4. The molecule has 0 bridgehead atoms. The van der Waals surface area contributed by atoms with Crippen molar-refractivity contribution in [1.82, 2.24) is 15.1 Å². The van der Waals surface area contributed by atoms with Crippen LogP contribution in [-0.2, 0) is 6.54 Å². The van der Waals surface area contributed by atoms with Crippen LogP contribution in [0.25, 0.3) is 11.3 Å². The Bertz CT molecular complexity index is 1070. The van der Waals surface area contributed by atoms with Crippen LogP contribution in [0, 0.1) is 11.3 Å². The van der Waals surface area contributed by atoms with Crippen molar-refractivity contribution >= 4 is 17.3 Å². The Morgan fingerprint density at radius 3 is 2.62 bits per heavy atom. The molecule has 2 aromatic carbocycles. The molecule has 1 saturated heterocycles. The number of phenolic OH excluding ortho intramolecular Hbond substituents is 2. The number of aromatic nitrogens is 2. The number of halogens is 1. The van der Waals surface area contributed by atoms with Crippen molar-refractivity contribution in [2.24, 2.45) is 0 Å². The highest BCUT2D eigenvalue weighted by Gasteiger charge is 2.23. The Kier molecular flexibility index (Phi) is 5.30. The molecule has 0 aliphatic carbocycles. The highest BCUT2D eigenvalue weighted by atomic mass is 35.5. The highest BCUT2D eigenvalue weighted by molar-refractivity contribution is 6.32. The Hall–Kier alpha value is -3.21. The van der Waals surface area contributed by atoms with Crippen LogP contribution in [0.15, 0.2) is 42.6 Å². The molecule has 0 unspecified atom stereocenters. The summed E-state index contributed by atoms with van der Waals surface area (Å²) in [6.45, 7) is 3.99. The molecular weight excluding hydrogens is 390 g/mol. The van der Waals surface area contributed by atoms with E-state index >= 15 is 0 Å². The number of nitrogens with one attached hydrogen (secondary N) is 1. The summed E-state index contributed by atoms with van der Waals surface area (Å²) in [6.07, 6.45) is 1.80. The predicted molar refractivity (Wildman–Crippen MR) is 111 cm³/mol. The average Bonchev–Trinajstić information content (AvgIpc) is 3.21. The lowest BCUT2D eigenvalue weighted by Gasteiger charge is -2.36. The zero-order valence-corrected chi connectivity index (χ0v) is 16.4. The molecule has 1 fully saturated rings. The lowest BCUT2D eigenvalue weighted by Crippen LogP contribution is -2.46. The van der Waals surface area contributed by atoms with E-state index in [0.717, 1.165) is 44.0 Å². The Balaban J connectivity index is 1.49.